The highest BCUT2D eigenvalue weighted by atomic mass is 35.5. The van der Waals surface area contributed by atoms with Crippen LogP contribution in [-0.4, -0.2) is 66.0 Å². The first kappa shape index (κ1) is 23.1. The second kappa shape index (κ2) is 10.6. The van der Waals surface area contributed by atoms with Crippen molar-refractivity contribution in [2.24, 2.45) is 0 Å². The van der Waals surface area contributed by atoms with Gasteiger partial charge in [0.15, 0.2) is 0 Å². The smallest absolute Gasteiger partial charge is 0.228 e. The first-order valence-electron chi connectivity index (χ1n) is 9.43. The van der Waals surface area contributed by atoms with Gasteiger partial charge in [-0.1, -0.05) is 23.8 Å². The molecule has 1 unspecified atom stereocenters. The van der Waals surface area contributed by atoms with Crippen molar-refractivity contribution in [2.45, 2.75) is 25.8 Å². The van der Waals surface area contributed by atoms with Crippen molar-refractivity contribution in [2.75, 3.05) is 39.3 Å². The topological polar surface area (TPSA) is 48.5 Å². The second-order valence-corrected chi connectivity index (χ2v) is 8.12. The number of carbonyl (C=O) groups excluding carboxylic acids is 1. The van der Waals surface area contributed by atoms with Crippen molar-refractivity contribution in [1.29, 1.82) is 0 Å². The quantitative estimate of drug-likeness (QED) is 0.790. The van der Waals surface area contributed by atoms with Crippen LogP contribution in [0.4, 0.5) is 0 Å². The molecule has 2 aliphatic rings. The number of benzene rings is 1. The standard InChI is InChI=1S/C20H26N4OS.2ClH/c1-15-3-2-4-16(11-15)20-22-17(14-26-20)12-19(25)24-8-5-18(13-24)23-9-6-21-7-10-23;;/h2-4,11,14,18,21H,5-10,12-13H2,1H3;2*1H. The average molecular weight is 443 g/mol. The van der Waals surface area contributed by atoms with Gasteiger partial charge in [-0.05, 0) is 19.4 Å². The minimum Gasteiger partial charge on any atom is -0.341 e. The number of hydrogen-bond donors (Lipinski definition) is 1. The Hall–Kier alpha value is -1.18. The average Bonchev–Trinajstić information content (AvgIpc) is 3.32. The molecule has 1 atom stereocenters. The van der Waals surface area contributed by atoms with Crippen molar-refractivity contribution >= 4 is 42.1 Å². The summed E-state index contributed by atoms with van der Waals surface area (Å²) in [5.41, 5.74) is 3.25. The van der Waals surface area contributed by atoms with E-state index in [2.05, 4.69) is 41.4 Å². The molecule has 2 saturated heterocycles. The first-order valence-corrected chi connectivity index (χ1v) is 10.3. The lowest BCUT2D eigenvalue weighted by Crippen LogP contribution is -2.49. The molecule has 0 bridgehead atoms. The van der Waals surface area contributed by atoms with Crippen molar-refractivity contribution in [3.05, 3.63) is 40.9 Å². The Bertz CT molecular complexity index is 779. The number of amides is 1. The number of carbonyl (C=O) groups is 1. The van der Waals surface area contributed by atoms with Crippen LogP contribution in [0.15, 0.2) is 29.6 Å². The predicted octanol–water partition coefficient (Wildman–Crippen LogP) is 3.01. The summed E-state index contributed by atoms with van der Waals surface area (Å²) in [6.45, 7) is 8.15. The number of thiazole rings is 1. The van der Waals surface area contributed by atoms with Crippen molar-refractivity contribution < 1.29 is 4.79 Å². The van der Waals surface area contributed by atoms with Gasteiger partial charge in [-0.2, -0.15) is 0 Å². The number of nitrogens with one attached hydrogen (secondary N) is 1. The Balaban J connectivity index is 0.00000140. The largest absolute Gasteiger partial charge is 0.341 e. The van der Waals surface area contributed by atoms with Gasteiger partial charge in [0.2, 0.25) is 5.91 Å². The molecule has 2 aromatic rings. The number of aromatic nitrogens is 1. The third-order valence-electron chi connectivity index (χ3n) is 5.33. The molecular weight excluding hydrogens is 415 g/mol. The van der Waals surface area contributed by atoms with E-state index < -0.39 is 0 Å². The summed E-state index contributed by atoms with van der Waals surface area (Å²) in [6.07, 6.45) is 1.51. The number of aryl methyl sites for hydroxylation is 1. The highest BCUT2D eigenvalue weighted by molar-refractivity contribution is 7.13. The first-order chi connectivity index (χ1) is 12.7. The number of rotatable bonds is 4. The van der Waals surface area contributed by atoms with Crippen LogP contribution in [0.1, 0.15) is 17.7 Å². The molecule has 1 aromatic carbocycles. The summed E-state index contributed by atoms with van der Waals surface area (Å²) in [4.78, 5) is 22.0. The summed E-state index contributed by atoms with van der Waals surface area (Å²) in [5, 5.41) is 6.42. The number of piperazine rings is 1. The van der Waals surface area contributed by atoms with Gasteiger partial charge in [-0.3, -0.25) is 9.69 Å². The Morgan fingerprint density at radius 1 is 1.25 bits per heavy atom. The lowest BCUT2D eigenvalue weighted by Gasteiger charge is -2.32. The molecule has 0 saturated carbocycles. The van der Waals surface area contributed by atoms with Crippen LogP contribution in [0, 0.1) is 6.92 Å². The monoisotopic (exact) mass is 442 g/mol. The zero-order chi connectivity index (χ0) is 17.9. The van der Waals surface area contributed by atoms with Crippen LogP contribution >= 0.6 is 36.2 Å². The van der Waals surface area contributed by atoms with E-state index in [4.69, 9.17) is 4.98 Å². The molecular formula is C20H28Cl2N4OS. The van der Waals surface area contributed by atoms with Crippen molar-refractivity contribution in [3.8, 4) is 10.6 Å². The van der Waals surface area contributed by atoms with Gasteiger partial charge in [-0.15, -0.1) is 36.2 Å². The van der Waals surface area contributed by atoms with E-state index in [-0.39, 0.29) is 30.7 Å². The maximum Gasteiger partial charge on any atom is 0.228 e. The zero-order valence-corrected chi connectivity index (χ0v) is 18.5. The molecule has 1 amide bonds. The number of likely N-dealkylation sites (tertiary alicyclic amines) is 1. The van der Waals surface area contributed by atoms with E-state index in [9.17, 15) is 4.79 Å². The number of nitrogens with zero attached hydrogens (tertiary/aromatic N) is 3. The molecule has 1 N–H and O–H groups in total. The summed E-state index contributed by atoms with van der Waals surface area (Å²) in [5.74, 6) is 0.212. The molecule has 0 spiro atoms. The fourth-order valence-corrected chi connectivity index (χ4v) is 4.70. The normalized spacial score (nSPS) is 19.8. The van der Waals surface area contributed by atoms with Gasteiger partial charge < -0.3 is 10.2 Å². The predicted molar refractivity (Wildman–Crippen MR) is 120 cm³/mol. The zero-order valence-electron chi connectivity index (χ0n) is 16.1. The highest BCUT2D eigenvalue weighted by Gasteiger charge is 2.31. The van der Waals surface area contributed by atoms with Gasteiger partial charge in [0.25, 0.3) is 0 Å². The fraction of sp³-hybridized carbons (Fsp3) is 0.500. The van der Waals surface area contributed by atoms with E-state index in [0.717, 1.165) is 62.0 Å². The molecule has 28 heavy (non-hydrogen) atoms. The lowest BCUT2D eigenvalue weighted by molar-refractivity contribution is -0.129. The molecule has 4 rings (SSSR count). The molecule has 2 fully saturated rings. The third kappa shape index (κ3) is 5.45. The number of halogens is 2. The van der Waals surface area contributed by atoms with Crippen molar-refractivity contribution in [1.82, 2.24) is 20.1 Å². The van der Waals surface area contributed by atoms with Crippen LogP contribution in [0.5, 0.6) is 0 Å². The summed E-state index contributed by atoms with van der Waals surface area (Å²) in [7, 11) is 0. The van der Waals surface area contributed by atoms with Crippen LogP contribution in [-0.2, 0) is 11.2 Å². The molecule has 154 valence electrons. The Morgan fingerprint density at radius 3 is 2.79 bits per heavy atom. The van der Waals surface area contributed by atoms with Crippen LogP contribution in [0.25, 0.3) is 10.6 Å². The molecule has 8 heteroatoms. The highest BCUT2D eigenvalue weighted by Crippen LogP contribution is 2.25. The second-order valence-electron chi connectivity index (χ2n) is 7.26. The van der Waals surface area contributed by atoms with Gasteiger partial charge in [-0.25, -0.2) is 4.98 Å². The SMILES string of the molecule is Cc1cccc(-c2nc(CC(=O)N3CCC(N4CCNCC4)C3)cs2)c1.Cl.Cl. The summed E-state index contributed by atoms with van der Waals surface area (Å²) < 4.78 is 0. The molecule has 0 aliphatic carbocycles. The Morgan fingerprint density at radius 2 is 2.04 bits per heavy atom. The van der Waals surface area contributed by atoms with E-state index >= 15 is 0 Å². The maximum absolute atomic E-state index is 12.7. The molecule has 2 aliphatic heterocycles. The number of hydrogen-bond acceptors (Lipinski definition) is 5. The van der Waals surface area contributed by atoms with E-state index in [0.29, 0.717) is 12.5 Å². The minimum atomic E-state index is 0. The van der Waals surface area contributed by atoms with Crippen LogP contribution < -0.4 is 5.32 Å². The van der Waals surface area contributed by atoms with Crippen molar-refractivity contribution in [3.63, 3.8) is 0 Å². The van der Waals surface area contributed by atoms with Crippen LogP contribution in [0.3, 0.4) is 0 Å². The molecule has 3 heterocycles. The van der Waals surface area contributed by atoms with E-state index in [1.54, 1.807) is 11.3 Å². The molecule has 0 radical (unpaired) electrons. The lowest BCUT2D eigenvalue weighted by atomic mass is 10.1. The summed E-state index contributed by atoms with van der Waals surface area (Å²) in [6, 6.07) is 8.89. The van der Waals surface area contributed by atoms with E-state index in [1.807, 2.05) is 10.3 Å². The van der Waals surface area contributed by atoms with Gasteiger partial charge in [0.05, 0.1) is 12.1 Å². The van der Waals surface area contributed by atoms with Gasteiger partial charge >= 0.3 is 0 Å². The molecule has 5 nitrogen and oxygen atoms in total. The maximum atomic E-state index is 12.7. The van der Waals surface area contributed by atoms with Gasteiger partial charge in [0, 0.05) is 56.3 Å². The Labute approximate surface area is 183 Å². The fourth-order valence-electron chi connectivity index (χ4n) is 3.88. The molecule has 1 aromatic heterocycles. The Kier molecular flexibility index (Phi) is 8.71. The van der Waals surface area contributed by atoms with Crippen LogP contribution in [0.2, 0.25) is 0 Å². The third-order valence-corrected chi connectivity index (χ3v) is 6.27. The van der Waals surface area contributed by atoms with E-state index in [1.165, 1.54) is 5.56 Å². The summed E-state index contributed by atoms with van der Waals surface area (Å²) >= 11 is 1.62. The van der Waals surface area contributed by atoms with Gasteiger partial charge in [0.1, 0.15) is 5.01 Å². The minimum absolute atomic E-state index is 0.